The lowest BCUT2D eigenvalue weighted by Crippen LogP contribution is -2.69. The first kappa shape index (κ1) is 45.6. The van der Waals surface area contributed by atoms with Crippen molar-refractivity contribution in [1.29, 1.82) is 0 Å². The van der Waals surface area contributed by atoms with Crippen molar-refractivity contribution in [2.45, 2.75) is 82.9 Å². The monoisotopic (exact) mass is 848 g/mol. The molecule has 18 nitrogen and oxygen atoms in total. The fourth-order valence-corrected chi connectivity index (χ4v) is 7.27. The Labute approximate surface area is 351 Å². The molecule has 2 N–H and O–H groups in total. The van der Waals surface area contributed by atoms with Gasteiger partial charge in [0.25, 0.3) is 5.79 Å². The van der Waals surface area contributed by atoms with Gasteiger partial charge in [-0.25, -0.2) is 9.59 Å². The maximum absolute atomic E-state index is 13.8. The average molecular weight is 849 g/mol. The van der Waals surface area contributed by atoms with Crippen molar-refractivity contribution in [2.75, 3.05) is 34.0 Å². The molecule has 1 aliphatic carbocycles. The number of fused-ring (bicyclic) bond motifs is 3. The van der Waals surface area contributed by atoms with Gasteiger partial charge in [-0.3, -0.25) is 24.0 Å². The van der Waals surface area contributed by atoms with Gasteiger partial charge in [0.05, 0.1) is 33.3 Å². The molecule has 3 aromatic carbocycles. The van der Waals surface area contributed by atoms with Crippen LogP contribution in [0.2, 0.25) is 0 Å². The van der Waals surface area contributed by atoms with Gasteiger partial charge in [-0.05, 0) is 39.9 Å². The Hall–Kier alpha value is -6.53. The van der Waals surface area contributed by atoms with E-state index >= 15 is 0 Å². The molecule has 326 valence electrons. The average Bonchev–Trinajstić information content (AvgIpc) is 3.55. The van der Waals surface area contributed by atoms with Gasteiger partial charge in [0.1, 0.15) is 37.7 Å². The zero-order valence-electron chi connectivity index (χ0n) is 34.5. The number of alkyl carbamates (subject to hydrolysis) is 1. The van der Waals surface area contributed by atoms with E-state index in [9.17, 15) is 33.6 Å². The van der Waals surface area contributed by atoms with Crippen LogP contribution in [-0.2, 0) is 73.3 Å². The van der Waals surface area contributed by atoms with Crippen molar-refractivity contribution in [1.82, 2.24) is 10.6 Å². The van der Waals surface area contributed by atoms with Crippen LogP contribution in [0.1, 0.15) is 56.7 Å². The Balaban J connectivity index is 1.43. The topological polar surface area (TPSA) is 227 Å². The van der Waals surface area contributed by atoms with Crippen LogP contribution in [0.4, 0.5) is 4.79 Å². The van der Waals surface area contributed by atoms with Crippen LogP contribution >= 0.6 is 0 Å². The van der Waals surface area contributed by atoms with Gasteiger partial charge in [0, 0.05) is 33.6 Å². The maximum atomic E-state index is 13.8. The first-order valence-corrected chi connectivity index (χ1v) is 19.2. The van der Waals surface area contributed by atoms with Crippen LogP contribution < -0.4 is 15.4 Å². The van der Waals surface area contributed by atoms with E-state index in [1.54, 1.807) is 24.3 Å². The standard InChI is InChI=1S/C43H48N2O16/c1-24(46)55-23-36(59-26(3)48)39(60-27(4)49)40-38(35(58-25(2)47)19-43(61-40,41(51)54-6)57-21-28-15-17-29(53-5)18-16-28)45-37(50)20-44-42(52)56-22-34-32-13-9-7-11-30(32)31-12-8-10-14-33(31)34/h7-18,34-36,38-40H,19-23H2,1-6H3,(H,44,52)(H,45,50)/t35?,36-,38?,39-,40?,43?/m1/s1. The Morgan fingerprint density at radius 1 is 0.770 bits per heavy atom. The Morgan fingerprint density at radius 3 is 1.95 bits per heavy atom. The molecule has 4 unspecified atom stereocenters. The third-order valence-corrected chi connectivity index (χ3v) is 9.82. The summed E-state index contributed by atoms with van der Waals surface area (Å²) < 4.78 is 50.3. The minimum absolute atomic E-state index is 0.0371. The smallest absolute Gasteiger partial charge is 0.407 e. The zero-order valence-corrected chi connectivity index (χ0v) is 34.5. The molecule has 61 heavy (non-hydrogen) atoms. The molecule has 1 heterocycles. The second-order valence-corrected chi connectivity index (χ2v) is 14.1. The molecule has 2 aliphatic rings. The highest BCUT2D eigenvalue weighted by molar-refractivity contribution is 5.83. The lowest BCUT2D eigenvalue weighted by Gasteiger charge is -2.48. The van der Waals surface area contributed by atoms with E-state index in [0.717, 1.165) is 57.1 Å². The first-order chi connectivity index (χ1) is 29.1. The number of ether oxygens (including phenoxy) is 9. The second-order valence-electron chi connectivity index (χ2n) is 14.1. The maximum Gasteiger partial charge on any atom is 0.407 e. The highest BCUT2D eigenvalue weighted by atomic mass is 16.7. The number of hydrogen-bond donors (Lipinski definition) is 2. The van der Waals surface area contributed by atoms with Crippen LogP contribution in [0.25, 0.3) is 11.1 Å². The number of amides is 2. The number of benzene rings is 3. The quantitative estimate of drug-likeness (QED) is 0.147. The summed E-state index contributed by atoms with van der Waals surface area (Å²) in [4.78, 5) is 90.2. The molecule has 1 fully saturated rings. The minimum Gasteiger partial charge on any atom is -0.497 e. The fourth-order valence-electron chi connectivity index (χ4n) is 7.27. The molecule has 0 bridgehead atoms. The van der Waals surface area contributed by atoms with E-state index in [0.29, 0.717) is 11.3 Å². The highest BCUT2D eigenvalue weighted by Gasteiger charge is 2.59. The van der Waals surface area contributed by atoms with E-state index < -0.39 is 97.7 Å². The van der Waals surface area contributed by atoms with Crippen LogP contribution in [0.3, 0.4) is 0 Å². The largest absolute Gasteiger partial charge is 0.497 e. The summed E-state index contributed by atoms with van der Waals surface area (Å²) >= 11 is 0. The van der Waals surface area contributed by atoms with Crippen molar-refractivity contribution < 1.29 is 76.2 Å². The lowest BCUT2D eigenvalue weighted by molar-refractivity contribution is -0.317. The Morgan fingerprint density at radius 2 is 1.39 bits per heavy atom. The van der Waals surface area contributed by atoms with E-state index in [1.807, 2.05) is 48.5 Å². The van der Waals surface area contributed by atoms with Gasteiger partial charge in [-0.15, -0.1) is 0 Å². The van der Waals surface area contributed by atoms with Gasteiger partial charge in [-0.2, -0.15) is 0 Å². The first-order valence-electron chi connectivity index (χ1n) is 19.2. The second kappa shape index (κ2) is 20.6. The SMILES string of the molecule is COC(=O)C1(OCc2ccc(OC)cc2)CC(OC(C)=O)C(NC(=O)CNC(=O)OCC2c3ccccc3-c3ccccc32)C([C@H](OC(C)=O)[C@@H](COC(C)=O)OC(C)=O)O1. The Kier molecular flexibility index (Phi) is 15.4. The molecule has 1 aliphatic heterocycles. The zero-order chi connectivity index (χ0) is 44.3. The lowest BCUT2D eigenvalue weighted by atomic mass is 9.88. The molecule has 3 aromatic rings. The molecule has 0 radical (unpaired) electrons. The van der Waals surface area contributed by atoms with Crippen LogP contribution in [0.15, 0.2) is 72.8 Å². The predicted octanol–water partition coefficient (Wildman–Crippen LogP) is 3.25. The third-order valence-electron chi connectivity index (χ3n) is 9.82. The number of carbonyl (C=O) groups is 7. The molecule has 1 saturated heterocycles. The number of carbonyl (C=O) groups excluding carboxylic acids is 7. The normalized spacial score (nSPS) is 20.0. The van der Waals surface area contributed by atoms with Crippen LogP contribution in [0, 0.1) is 0 Å². The van der Waals surface area contributed by atoms with Crippen molar-refractivity contribution in [3.63, 3.8) is 0 Å². The third kappa shape index (κ3) is 11.6. The van der Waals surface area contributed by atoms with Crippen LogP contribution in [0.5, 0.6) is 5.75 Å². The van der Waals surface area contributed by atoms with Crippen LogP contribution in [-0.4, -0.2) is 112 Å². The highest BCUT2D eigenvalue weighted by Crippen LogP contribution is 2.44. The van der Waals surface area contributed by atoms with Gasteiger partial charge in [0.2, 0.25) is 5.91 Å². The summed E-state index contributed by atoms with van der Waals surface area (Å²) in [6.07, 6.45) is -8.21. The number of methoxy groups -OCH3 is 2. The minimum atomic E-state index is -2.43. The van der Waals surface area contributed by atoms with E-state index in [2.05, 4.69) is 10.6 Å². The van der Waals surface area contributed by atoms with Gasteiger partial charge >= 0.3 is 35.9 Å². The number of esters is 5. The number of hydrogen-bond acceptors (Lipinski definition) is 16. The summed E-state index contributed by atoms with van der Waals surface area (Å²) in [6, 6.07) is 20.6. The molecular formula is C43H48N2O16. The number of rotatable bonds is 17. The van der Waals surface area contributed by atoms with Crippen molar-refractivity contribution >= 4 is 41.8 Å². The van der Waals surface area contributed by atoms with Gasteiger partial charge in [0.15, 0.2) is 12.2 Å². The molecule has 0 aromatic heterocycles. The molecule has 5 rings (SSSR count). The van der Waals surface area contributed by atoms with E-state index in [4.69, 9.17) is 42.6 Å². The van der Waals surface area contributed by atoms with Gasteiger partial charge < -0.3 is 53.3 Å². The van der Waals surface area contributed by atoms with Crippen molar-refractivity contribution in [3.8, 4) is 16.9 Å². The predicted molar refractivity (Wildman–Crippen MR) is 210 cm³/mol. The summed E-state index contributed by atoms with van der Waals surface area (Å²) in [5.74, 6) is -7.65. The summed E-state index contributed by atoms with van der Waals surface area (Å²) in [5.41, 5.74) is 4.54. The molecule has 0 spiro atoms. The van der Waals surface area contributed by atoms with Gasteiger partial charge in [-0.1, -0.05) is 60.7 Å². The summed E-state index contributed by atoms with van der Waals surface area (Å²) in [7, 11) is 2.54. The molecule has 6 atom stereocenters. The number of nitrogens with one attached hydrogen (secondary N) is 2. The van der Waals surface area contributed by atoms with Crippen molar-refractivity contribution in [2.24, 2.45) is 0 Å². The van der Waals surface area contributed by atoms with E-state index in [1.165, 1.54) is 7.11 Å². The van der Waals surface area contributed by atoms with E-state index in [-0.39, 0.29) is 19.1 Å². The molecule has 0 saturated carbocycles. The molecule has 2 amide bonds. The summed E-state index contributed by atoms with van der Waals surface area (Å²) in [6.45, 7) is 2.53. The molecular weight excluding hydrogens is 800 g/mol. The van der Waals surface area contributed by atoms with Crippen molar-refractivity contribution in [3.05, 3.63) is 89.5 Å². The Bertz CT molecular complexity index is 2040. The summed E-state index contributed by atoms with van der Waals surface area (Å²) in [5, 5.41) is 5.04. The molecule has 18 heteroatoms. The fraction of sp³-hybridized carbons (Fsp3) is 0.419.